The molecular formula is C10H8BrFN2O. The number of rotatable bonds is 2. The second-order valence-electron chi connectivity index (χ2n) is 3.04. The number of hydrogen-bond acceptors (Lipinski definition) is 2. The van der Waals surface area contributed by atoms with Gasteiger partial charge in [-0.3, -0.25) is 5.10 Å². The van der Waals surface area contributed by atoms with Crippen LogP contribution in [-0.4, -0.2) is 10.2 Å². The molecule has 15 heavy (non-hydrogen) atoms. The van der Waals surface area contributed by atoms with Gasteiger partial charge in [-0.1, -0.05) is 0 Å². The Labute approximate surface area is 94.4 Å². The molecule has 78 valence electrons. The van der Waals surface area contributed by atoms with Gasteiger partial charge in [0.05, 0.1) is 16.4 Å². The summed E-state index contributed by atoms with van der Waals surface area (Å²) in [7, 11) is 0. The van der Waals surface area contributed by atoms with Crippen molar-refractivity contribution in [1.29, 1.82) is 0 Å². The molecule has 0 saturated heterocycles. The average Bonchev–Trinajstić information content (AvgIpc) is 2.58. The molecule has 3 nitrogen and oxygen atoms in total. The fraction of sp³-hybridized carbons (Fsp3) is 0.100. The van der Waals surface area contributed by atoms with E-state index in [0.717, 1.165) is 5.69 Å². The van der Waals surface area contributed by atoms with E-state index in [9.17, 15) is 4.39 Å². The normalized spacial score (nSPS) is 10.3. The summed E-state index contributed by atoms with van der Waals surface area (Å²) in [5, 5.41) is 6.55. The summed E-state index contributed by atoms with van der Waals surface area (Å²) in [5.74, 6) is 0.676. The highest BCUT2D eigenvalue weighted by molar-refractivity contribution is 9.10. The Morgan fingerprint density at radius 3 is 2.87 bits per heavy atom. The molecule has 0 atom stereocenters. The number of nitrogens with zero attached hydrogens (tertiary/aromatic N) is 1. The van der Waals surface area contributed by atoms with Gasteiger partial charge in [-0.15, -0.1) is 0 Å². The molecule has 2 rings (SSSR count). The van der Waals surface area contributed by atoms with Crippen LogP contribution in [0.25, 0.3) is 0 Å². The van der Waals surface area contributed by atoms with Crippen LogP contribution in [0.5, 0.6) is 11.5 Å². The first kappa shape index (κ1) is 10.2. The van der Waals surface area contributed by atoms with Crippen LogP contribution in [0, 0.1) is 12.7 Å². The largest absolute Gasteiger partial charge is 0.452 e. The van der Waals surface area contributed by atoms with Gasteiger partial charge >= 0.3 is 0 Å². The van der Waals surface area contributed by atoms with Crippen LogP contribution < -0.4 is 4.74 Å². The van der Waals surface area contributed by atoms with E-state index < -0.39 is 0 Å². The highest BCUT2D eigenvalue weighted by Gasteiger charge is 2.07. The molecule has 0 bridgehead atoms. The zero-order chi connectivity index (χ0) is 10.8. The summed E-state index contributed by atoms with van der Waals surface area (Å²) >= 11 is 3.28. The lowest BCUT2D eigenvalue weighted by atomic mass is 10.3. The van der Waals surface area contributed by atoms with Gasteiger partial charge in [-0.25, -0.2) is 4.39 Å². The average molecular weight is 271 g/mol. The molecule has 0 aliphatic carbocycles. The molecule has 1 aromatic carbocycles. The topological polar surface area (TPSA) is 37.9 Å². The SMILES string of the molecule is Cc1[nH]ncc1Oc1cc(F)ccc1Br. The minimum absolute atomic E-state index is 0.339. The van der Waals surface area contributed by atoms with Crippen molar-refractivity contribution in [1.82, 2.24) is 10.2 Å². The number of aryl methyl sites for hydroxylation is 1. The third-order valence-electron chi connectivity index (χ3n) is 1.90. The van der Waals surface area contributed by atoms with Crippen molar-refractivity contribution in [2.24, 2.45) is 0 Å². The van der Waals surface area contributed by atoms with E-state index in [2.05, 4.69) is 26.1 Å². The van der Waals surface area contributed by atoms with Gasteiger partial charge in [-0.2, -0.15) is 5.10 Å². The Bertz CT molecular complexity index is 484. The number of halogens is 2. The monoisotopic (exact) mass is 270 g/mol. The van der Waals surface area contributed by atoms with Crippen molar-refractivity contribution < 1.29 is 9.13 Å². The zero-order valence-electron chi connectivity index (χ0n) is 7.92. The molecule has 1 N–H and O–H groups in total. The van der Waals surface area contributed by atoms with E-state index in [1.807, 2.05) is 6.92 Å². The molecule has 1 aromatic heterocycles. The van der Waals surface area contributed by atoms with E-state index >= 15 is 0 Å². The molecule has 0 amide bonds. The number of H-pyrrole nitrogens is 1. The van der Waals surface area contributed by atoms with Crippen LogP contribution in [0.3, 0.4) is 0 Å². The fourth-order valence-electron chi connectivity index (χ4n) is 1.12. The van der Waals surface area contributed by atoms with Crippen LogP contribution in [0.4, 0.5) is 4.39 Å². The van der Waals surface area contributed by atoms with E-state index in [0.29, 0.717) is 16.0 Å². The summed E-state index contributed by atoms with van der Waals surface area (Å²) in [6, 6.07) is 4.27. The van der Waals surface area contributed by atoms with Crippen molar-refractivity contribution in [3.63, 3.8) is 0 Å². The van der Waals surface area contributed by atoms with Gasteiger partial charge in [-0.05, 0) is 35.0 Å². The number of hydrogen-bond donors (Lipinski definition) is 1. The maximum atomic E-state index is 13.0. The highest BCUT2D eigenvalue weighted by Crippen LogP contribution is 2.30. The number of benzene rings is 1. The van der Waals surface area contributed by atoms with E-state index in [1.54, 1.807) is 12.3 Å². The summed E-state index contributed by atoms with van der Waals surface area (Å²) in [6.07, 6.45) is 1.55. The molecule has 2 aromatic rings. The molecule has 0 saturated carbocycles. The van der Waals surface area contributed by atoms with Gasteiger partial charge in [0.25, 0.3) is 0 Å². The standard InChI is InChI=1S/C10H8BrFN2O/c1-6-10(5-13-14-6)15-9-4-7(12)2-3-8(9)11/h2-5H,1H3,(H,13,14). The maximum absolute atomic E-state index is 13.0. The first-order valence-corrected chi connectivity index (χ1v) is 5.09. The van der Waals surface area contributed by atoms with Crippen molar-refractivity contribution in [2.75, 3.05) is 0 Å². The van der Waals surface area contributed by atoms with E-state index in [-0.39, 0.29) is 5.82 Å². The number of ether oxygens (including phenoxy) is 1. The number of nitrogens with one attached hydrogen (secondary N) is 1. The second kappa shape index (κ2) is 4.02. The summed E-state index contributed by atoms with van der Waals surface area (Å²) in [4.78, 5) is 0. The van der Waals surface area contributed by atoms with Crippen molar-refractivity contribution in [3.05, 3.63) is 40.4 Å². The summed E-state index contributed by atoms with van der Waals surface area (Å²) in [5.41, 5.74) is 0.797. The van der Waals surface area contributed by atoms with Crippen LogP contribution in [0.2, 0.25) is 0 Å². The maximum Gasteiger partial charge on any atom is 0.167 e. The Morgan fingerprint density at radius 1 is 1.40 bits per heavy atom. The number of aromatic nitrogens is 2. The molecular weight excluding hydrogens is 263 g/mol. The lowest BCUT2D eigenvalue weighted by molar-refractivity contribution is 0.470. The first-order valence-electron chi connectivity index (χ1n) is 4.29. The third kappa shape index (κ3) is 2.18. The lowest BCUT2D eigenvalue weighted by Crippen LogP contribution is -1.87. The predicted molar refractivity (Wildman–Crippen MR) is 57.5 cm³/mol. The first-order chi connectivity index (χ1) is 7.16. The predicted octanol–water partition coefficient (Wildman–Crippen LogP) is 3.41. The van der Waals surface area contributed by atoms with Gasteiger partial charge in [0.1, 0.15) is 11.6 Å². The summed E-state index contributed by atoms with van der Waals surface area (Å²) in [6.45, 7) is 1.83. The molecule has 0 fully saturated rings. The molecule has 5 heteroatoms. The molecule has 0 spiro atoms. The minimum Gasteiger partial charge on any atom is -0.452 e. The zero-order valence-corrected chi connectivity index (χ0v) is 9.51. The van der Waals surface area contributed by atoms with Gasteiger partial charge in [0.2, 0.25) is 0 Å². The number of aromatic amines is 1. The fourth-order valence-corrected chi connectivity index (χ4v) is 1.44. The van der Waals surface area contributed by atoms with Crippen LogP contribution in [-0.2, 0) is 0 Å². The van der Waals surface area contributed by atoms with Crippen molar-refractivity contribution >= 4 is 15.9 Å². The van der Waals surface area contributed by atoms with Crippen LogP contribution in [0.15, 0.2) is 28.9 Å². The molecule has 0 aliphatic heterocycles. The van der Waals surface area contributed by atoms with E-state index in [1.165, 1.54) is 12.1 Å². The summed E-state index contributed by atoms with van der Waals surface area (Å²) < 4.78 is 19.1. The highest BCUT2D eigenvalue weighted by atomic mass is 79.9. The smallest absolute Gasteiger partial charge is 0.167 e. The molecule has 1 heterocycles. The van der Waals surface area contributed by atoms with Crippen LogP contribution >= 0.6 is 15.9 Å². The minimum atomic E-state index is -0.339. The van der Waals surface area contributed by atoms with Crippen molar-refractivity contribution in [3.8, 4) is 11.5 Å². The van der Waals surface area contributed by atoms with Gasteiger partial charge < -0.3 is 4.74 Å². The Morgan fingerprint density at radius 2 is 2.20 bits per heavy atom. The molecule has 0 radical (unpaired) electrons. The van der Waals surface area contributed by atoms with Crippen molar-refractivity contribution in [2.45, 2.75) is 6.92 Å². The van der Waals surface area contributed by atoms with Gasteiger partial charge in [0.15, 0.2) is 5.75 Å². The van der Waals surface area contributed by atoms with E-state index in [4.69, 9.17) is 4.74 Å². The third-order valence-corrected chi connectivity index (χ3v) is 2.55. The quantitative estimate of drug-likeness (QED) is 0.908. The Kier molecular flexibility index (Phi) is 2.73. The van der Waals surface area contributed by atoms with Crippen LogP contribution in [0.1, 0.15) is 5.69 Å². The lowest BCUT2D eigenvalue weighted by Gasteiger charge is -2.06. The van der Waals surface area contributed by atoms with Gasteiger partial charge in [0, 0.05) is 6.07 Å². The Balaban J connectivity index is 2.32. The molecule has 0 aliphatic rings. The second-order valence-corrected chi connectivity index (χ2v) is 3.89. The Hall–Kier alpha value is -1.36. The molecule has 0 unspecified atom stereocenters.